The first kappa shape index (κ1) is 29.5. The second kappa shape index (κ2) is 13.6. The van der Waals surface area contributed by atoms with E-state index in [-0.39, 0.29) is 36.8 Å². The predicted octanol–water partition coefficient (Wildman–Crippen LogP) is 1.02. The Kier molecular flexibility index (Phi) is 11.1. The van der Waals surface area contributed by atoms with Gasteiger partial charge in [-0.15, -0.1) is 0 Å². The Morgan fingerprint density at radius 2 is 1.56 bits per heavy atom. The van der Waals surface area contributed by atoms with E-state index in [0.29, 0.717) is 26.1 Å². The molecule has 10 heteroatoms. The first-order valence-corrected chi connectivity index (χ1v) is 12.5. The van der Waals surface area contributed by atoms with E-state index in [2.05, 4.69) is 16.0 Å². The van der Waals surface area contributed by atoms with Crippen LogP contribution in [0, 0.1) is 11.8 Å². The average Bonchev–Trinajstić information content (AvgIpc) is 3.52. The van der Waals surface area contributed by atoms with Gasteiger partial charge >= 0.3 is 6.09 Å². The zero-order valence-electron chi connectivity index (χ0n) is 21.9. The van der Waals surface area contributed by atoms with E-state index in [4.69, 9.17) is 4.74 Å². The van der Waals surface area contributed by atoms with E-state index in [9.17, 15) is 24.6 Å². The largest absolute Gasteiger partial charge is 0.445 e. The minimum absolute atomic E-state index is 0.0483. The fourth-order valence-electron chi connectivity index (χ4n) is 3.72. The number of carbonyl (C=O) groups excluding carboxylic acids is 3. The molecule has 202 valence electrons. The smallest absolute Gasteiger partial charge is 0.410 e. The first-order valence-electron chi connectivity index (χ1n) is 12.5. The van der Waals surface area contributed by atoms with Gasteiger partial charge in [0.2, 0.25) is 11.8 Å². The summed E-state index contributed by atoms with van der Waals surface area (Å²) >= 11 is 0. The molecule has 5 N–H and O–H groups in total. The highest BCUT2D eigenvalue weighted by Gasteiger charge is 2.32. The zero-order valence-corrected chi connectivity index (χ0v) is 21.9. The molecule has 0 spiro atoms. The molecule has 36 heavy (non-hydrogen) atoms. The zero-order chi connectivity index (χ0) is 26.8. The summed E-state index contributed by atoms with van der Waals surface area (Å²) in [4.78, 5) is 37.1. The molecule has 1 aromatic rings. The van der Waals surface area contributed by atoms with Crippen LogP contribution in [0.5, 0.6) is 0 Å². The molecule has 3 rings (SSSR count). The SMILES string of the molecule is CC(C)(O)CNC(=O)[C@H]1CCN(C(=O)OCc2ccccc2)C1.CC(C)(O)CNC(=O)[C@H]1CCNC1. The number of nitrogens with zero attached hydrogens (tertiary/aromatic N) is 1. The Hall–Kier alpha value is -2.69. The van der Waals surface area contributed by atoms with Crippen LogP contribution in [0.25, 0.3) is 0 Å². The molecule has 2 heterocycles. The molecule has 0 radical (unpaired) electrons. The molecule has 1 aromatic carbocycles. The van der Waals surface area contributed by atoms with Crippen molar-refractivity contribution in [3.8, 4) is 0 Å². The van der Waals surface area contributed by atoms with Crippen molar-refractivity contribution in [3.05, 3.63) is 35.9 Å². The van der Waals surface area contributed by atoms with Gasteiger partial charge in [0, 0.05) is 32.7 Å². The van der Waals surface area contributed by atoms with Crippen LogP contribution >= 0.6 is 0 Å². The quantitative estimate of drug-likeness (QED) is 0.355. The van der Waals surface area contributed by atoms with E-state index in [1.54, 1.807) is 32.6 Å². The van der Waals surface area contributed by atoms with Gasteiger partial charge in [0.05, 0.1) is 23.0 Å². The Morgan fingerprint density at radius 1 is 0.972 bits per heavy atom. The third kappa shape index (κ3) is 11.4. The standard InChI is InChI=1S/C17H24N2O4.C9H18N2O2/c1-17(2,22)12-18-15(20)14-8-9-19(10-14)16(21)23-11-13-6-4-3-5-7-13;1-9(2,13)6-11-8(12)7-3-4-10-5-7/h3-7,14,22H,8-12H2,1-2H3,(H,18,20);7,10,13H,3-6H2,1-2H3,(H,11,12)/t14-;7-/m00/s1. The van der Waals surface area contributed by atoms with E-state index < -0.39 is 17.3 Å². The lowest BCUT2D eigenvalue weighted by Crippen LogP contribution is -2.41. The second-order valence-electron chi connectivity index (χ2n) is 10.7. The number of nitrogens with one attached hydrogen (secondary N) is 3. The molecule has 0 unspecified atom stereocenters. The minimum atomic E-state index is -0.942. The highest BCUT2D eigenvalue weighted by molar-refractivity contribution is 5.80. The molecule has 2 aliphatic heterocycles. The van der Waals surface area contributed by atoms with Crippen LogP contribution in [-0.2, 0) is 20.9 Å². The molecule has 10 nitrogen and oxygen atoms in total. The summed E-state index contributed by atoms with van der Waals surface area (Å²) in [5, 5.41) is 27.6. The van der Waals surface area contributed by atoms with Gasteiger partial charge in [-0.2, -0.15) is 0 Å². The number of carbonyl (C=O) groups is 3. The normalized spacial score (nSPS) is 19.8. The van der Waals surface area contributed by atoms with Crippen LogP contribution in [0.15, 0.2) is 30.3 Å². The molecule has 0 aromatic heterocycles. The second-order valence-corrected chi connectivity index (χ2v) is 10.7. The number of rotatable bonds is 8. The molecular weight excluding hydrogens is 464 g/mol. The molecule has 3 amide bonds. The van der Waals surface area contributed by atoms with Crippen molar-refractivity contribution in [3.63, 3.8) is 0 Å². The molecule has 0 bridgehead atoms. The number of hydrogen-bond donors (Lipinski definition) is 5. The fraction of sp³-hybridized carbons (Fsp3) is 0.654. The number of likely N-dealkylation sites (tertiary alicyclic amines) is 1. The van der Waals surface area contributed by atoms with Gasteiger partial charge in [-0.05, 0) is 52.6 Å². The van der Waals surface area contributed by atoms with E-state index >= 15 is 0 Å². The van der Waals surface area contributed by atoms with E-state index in [1.165, 1.54) is 0 Å². The van der Waals surface area contributed by atoms with Gasteiger partial charge in [-0.1, -0.05) is 30.3 Å². The molecule has 2 atom stereocenters. The van der Waals surface area contributed by atoms with Crippen LogP contribution in [0.1, 0.15) is 46.1 Å². The number of amides is 3. The number of hydrogen-bond acceptors (Lipinski definition) is 7. The van der Waals surface area contributed by atoms with Crippen LogP contribution < -0.4 is 16.0 Å². The van der Waals surface area contributed by atoms with E-state index in [0.717, 1.165) is 25.1 Å². The van der Waals surface area contributed by atoms with Crippen LogP contribution in [0.4, 0.5) is 4.79 Å². The maximum absolute atomic E-state index is 12.0. The Morgan fingerprint density at radius 3 is 2.08 bits per heavy atom. The summed E-state index contributed by atoms with van der Waals surface area (Å²) in [6, 6.07) is 9.47. The van der Waals surface area contributed by atoms with Gasteiger partial charge in [-0.25, -0.2) is 4.79 Å². The first-order chi connectivity index (χ1) is 16.8. The minimum Gasteiger partial charge on any atom is -0.445 e. The predicted molar refractivity (Wildman–Crippen MR) is 136 cm³/mol. The third-order valence-corrected chi connectivity index (χ3v) is 5.84. The van der Waals surface area contributed by atoms with Gasteiger partial charge in [-0.3, -0.25) is 9.59 Å². The number of aliphatic hydroxyl groups is 2. The fourth-order valence-corrected chi connectivity index (χ4v) is 3.72. The molecule has 2 saturated heterocycles. The Labute approximate surface area is 213 Å². The van der Waals surface area contributed by atoms with Crippen molar-refractivity contribution >= 4 is 17.9 Å². The summed E-state index contributed by atoms with van der Waals surface area (Å²) in [6.45, 7) is 9.91. The highest BCUT2D eigenvalue weighted by atomic mass is 16.6. The molecule has 0 aliphatic carbocycles. The van der Waals surface area contributed by atoms with Crippen molar-refractivity contribution in [2.75, 3.05) is 39.3 Å². The lowest BCUT2D eigenvalue weighted by molar-refractivity contribution is -0.126. The summed E-state index contributed by atoms with van der Waals surface area (Å²) in [5.74, 6) is -0.249. The lowest BCUT2D eigenvalue weighted by Gasteiger charge is -2.20. The Balaban J connectivity index is 0.000000297. The maximum atomic E-state index is 12.0. The van der Waals surface area contributed by atoms with Crippen molar-refractivity contribution in [1.29, 1.82) is 0 Å². The summed E-state index contributed by atoms with van der Waals surface area (Å²) in [6.07, 6.45) is 1.11. The highest BCUT2D eigenvalue weighted by Crippen LogP contribution is 2.18. The van der Waals surface area contributed by atoms with Crippen LogP contribution in [-0.4, -0.2) is 83.5 Å². The monoisotopic (exact) mass is 506 g/mol. The summed E-state index contributed by atoms with van der Waals surface area (Å²) in [7, 11) is 0. The van der Waals surface area contributed by atoms with Crippen molar-refractivity contribution in [2.24, 2.45) is 11.8 Å². The van der Waals surface area contributed by atoms with E-state index in [1.807, 2.05) is 30.3 Å². The molecule has 2 aliphatic rings. The van der Waals surface area contributed by atoms with Gasteiger partial charge in [0.25, 0.3) is 0 Å². The topological polar surface area (TPSA) is 140 Å². The third-order valence-electron chi connectivity index (χ3n) is 5.84. The lowest BCUT2D eigenvalue weighted by atomic mass is 10.1. The molecule has 2 fully saturated rings. The number of ether oxygens (including phenoxy) is 1. The average molecular weight is 507 g/mol. The van der Waals surface area contributed by atoms with Crippen LogP contribution in [0.3, 0.4) is 0 Å². The van der Waals surface area contributed by atoms with Crippen molar-refractivity contribution in [1.82, 2.24) is 20.9 Å². The Bertz CT molecular complexity index is 844. The van der Waals surface area contributed by atoms with Crippen molar-refractivity contribution < 1.29 is 29.3 Å². The van der Waals surface area contributed by atoms with Crippen molar-refractivity contribution in [2.45, 2.75) is 58.3 Å². The molecule has 0 saturated carbocycles. The van der Waals surface area contributed by atoms with Gasteiger partial charge in [0.15, 0.2) is 0 Å². The van der Waals surface area contributed by atoms with Crippen LogP contribution in [0.2, 0.25) is 0 Å². The van der Waals surface area contributed by atoms with Gasteiger partial charge < -0.3 is 35.8 Å². The van der Waals surface area contributed by atoms with Gasteiger partial charge in [0.1, 0.15) is 6.61 Å². The summed E-state index contributed by atoms with van der Waals surface area (Å²) in [5.41, 5.74) is -0.830. The maximum Gasteiger partial charge on any atom is 0.410 e. The number of benzene rings is 1. The molecular formula is C26H42N4O6. The summed E-state index contributed by atoms with van der Waals surface area (Å²) < 4.78 is 5.27.